The first-order chi connectivity index (χ1) is 5.72. The van der Waals surface area contributed by atoms with Crippen molar-refractivity contribution in [2.75, 3.05) is 19.7 Å². The molecule has 0 spiro atoms. The molecule has 1 rings (SSSR count). The molecule has 12 heavy (non-hydrogen) atoms. The second-order valence-electron chi connectivity index (χ2n) is 3.50. The summed E-state index contributed by atoms with van der Waals surface area (Å²) in [5, 5.41) is 0. The minimum Gasteiger partial charge on any atom is -0.375 e. The Morgan fingerprint density at radius 2 is 2.42 bits per heavy atom. The van der Waals surface area contributed by atoms with Crippen LogP contribution in [-0.4, -0.2) is 37.1 Å². The zero-order valence-electron chi connectivity index (χ0n) is 7.75. The fourth-order valence-electron chi connectivity index (χ4n) is 1.42. The van der Waals surface area contributed by atoms with Crippen molar-refractivity contribution in [3.8, 4) is 0 Å². The Labute approximate surface area is 73.7 Å². The summed E-state index contributed by atoms with van der Waals surface area (Å²) in [4.78, 5) is 12.2. The largest absolute Gasteiger partial charge is 0.375 e. The molecule has 1 heterocycles. The van der Waals surface area contributed by atoms with Gasteiger partial charge in [-0.05, 0) is 12.3 Å². The summed E-state index contributed by atoms with van der Waals surface area (Å²) in [5.74, 6) is 1.35. The smallest absolute Gasteiger partial charge is 0.209 e. The molecule has 0 aromatic rings. The first kappa shape index (κ1) is 9.52. The molecule has 3 heteroatoms. The van der Waals surface area contributed by atoms with E-state index in [4.69, 9.17) is 4.74 Å². The fraction of sp³-hybridized carbons (Fsp3) is 0.778. The van der Waals surface area contributed by atoms with E-state index in [1.807, 2.05) is 0 Å². The minimum absolute atomic E-state index is 0.217. The lowest BCUT2D eigenvalue weighted by molar-refractivity contribution is -0.125. The molecule has 1 aliphatic heterocycles. The highest BCUT2D eigenvalue weighted by atomic mass is 16.5. The fourth-order valence-corrected chi connectivity index (χ4v) is 1.42. The highest BCUT2D eigenvalue weighted by molar-refractivity contribution is 5.47. The van der Waals surface area contributed by atoms with E-state index in [0.717, 1.165) is 25.9 Å². The lowest BCUT2D eigenvalue weighted by atomic mass is 10.1. The summed E-state index contributed by atoms with van der Waals surface area (Å²) >= 11 is 0. The van der Waals surface area contributed by atoms with Crippen LogP contribution in [-0.2, 0) is 9.53 Å². The van der Waals surface area contributed by atoms with E-state index in [0.29, 0.717) is 6.61 Å². The SMILES string of the molecule is C[C](C)CC1CN(C=O)CCO1. The van der Waals surface area contributed by atoms with Crippen LogP contribution in [0.1, 0.15) is 20.3 Å². The first-order valence-corrected chi connectivity index (χ1v) is 4.32. The van der Waals surface area contributed by atoms with Crippen molar-refractivity contribution < 1.29 is 9.53 Å². The molecule has 0 aromatic carbocycles. The number of hydrogen-bond acceptors (Lipinski definition) is 2. The lowest BCUT2D eigenvalue weighted by Gasteiger charge is -2.30. The van der Waals surface area contributed by atoms with Gasteiger partial charge in [0.2, 0.25) is 6.41 Å². The van der Waals surface area contributed by atoms with E-state index in [2.05, 4.69) is 13.8 Å². The van der Waals surface area contributed by atoms with Gasteiger partial charge in [0.1, 0.15) is 0 Å². The van der Waals surface area contributed by atoms with Gasteiger partial charge in [-0.3, -0.25) is 4.79 Å². The molecule has 69 valence electrons. The van der Waals surface area contributed by atoms with E-state index < -0.39 is 0 Å². The molecular weight excluding hydrogens is 154 g/mol. The number of nitrogens with zero attached hydrogens (tertiary/aromatic N) is 1. The average molecular weight is 170 g/mol. The maximum atomic E-state index is 10.5. The van der Waals surface area contributed by atoms with E-state index in [1.54, 1.807) is 4.90 Å². The normalized spacial score (nSPS) is 24.6. The van der Waals surface area contributed by atoms with E-state index in [1.165, 1.54) is 5.92 Å². The summed E-state index contributed by atoms with van der Waals surface area (Å²) in [7, 11) is 0. The van der Waals surface area contributed by atoms with Crippen molar-refractivity contribution >= 4 is 6.41 Å². The van der Waals surface area contributed by atoms with Crippen molar-refractivity contribution in [1.82, 2.24) is 4.90 Å². The Kier molecular flexibility index (Phi) is 3.53. The maximum absolute atomic E-state index is 10.5. The predicted molar refractivity (Wildman–Crippen MR) is 46.6 cm³/mol. The van der Waals surface area contributed by atoms with Crippen LogP contribution in [0.2, 0.25) is 0 Å². The highest BCUT2D eigenvalue weighted by Crippen LogP contribution is 2.13. The van der Waals surface area contributed by atoms with Gasteiger partial charge >= 0.3 is 0 Å². The highest BCUT2D eigenvalue weighted by Gasteiger charge is 2.19. The molecule has 1 amide bonds. The second kappa shape index (κ2) is 4.45. The molecule has 0 aromatic heterocycles. The standard InChI is InChI=1S/C9H16NO2/c1-8(2)5-9-6-10(7-11)3-4-12-9/h7,9H,3-6H2,1-2H3. The van der Waals surface area contributed by atoms with Gasteiger partial charge in [0.05, 0.1) is 12.7 Å². The van der Waals surface area contributed by atoms with Crippen LogP contribution in [0, 0.1) is 5.92 Å². The summed E-state index contributed by atoms with van der Waals surface area (Å²) in [6.07, 6.45) is 2.08. The van der Waals surface area contributed by atoms with Gasteiger partial charge in [-0.1, -0.05) is 13.8 Å². The third-order valence-corrected chi connectivity index (χ3v) is 1.96. The van der Waals surface area contributed by atoms with Gasteiger partial charge in [-0.2, -0.15) is 0 Å². The Balaban J connectivity index is 2.30. The second-order valence-corrected chi connectivity index (χ2v) is 3.50. The quantitative estimate of drug-likeness (QED) is 0.588. The molecule has 1 atom stereocenters. The van der Waals surface area contributed by atoms with Crippen LogP contribution in [0.3, 0.4) is 0 Å². The third kappa shape index (κ3) is 2.81. The first-order valence-electron chi connectivity index (χ1n) is 4.32. The molecule has 1 fully saturated rings. The summed E-state index contributed by atoms with van der Waals surface area (Å²) in [5.41, 5.74) is 0. The van der Waals surface area contributed by atoms with Crippen molar-refractivity contribution in [3.63, 3.8) is 0 Å². The van der Waals surface area contributed by atoms with E-state index in [9.17, 15) is 4.79 Å². The zero-order valence-corrected chi connectivity index (χ0v) is 7.75. The Morgan fingerprint density at radius 1 is 1.67 bits per heavy atom. The Bertz CT molecular complexity index is 147. The van der Waals surface area contributed by atoms with Crippen LogP contribution in [0.5, 0.6) is 0 Å². The minimum atomic E-state index is 0.217. The number of hydrogen-bond donors (Lipinski definition) is 0. The number of ether oxygens (including phenoxy) is 1. The molecule has 0 bridgehead atoms. The van der Waals surface area contributed by atoms with Crippen molar-refractivity contribution in [3.05, 3.63) is 5.92 Å². The van der Waals surface area contributed by atoms with E-state index in [-0.39, 0.29) is 6.10 Å². The van der Waals surface area contributed by atoms with Gasteiger partial charge in [-0.25, -0.2) is 0 Å². The number of morpholine rings is 1. The van der Waals surface area contributed by atoms with Crippen LogP contribution in [0.25, 0.3) is 0 Å². The molecule has 1 aliphatic rings. The van der Waals surface area contributed by atoms with Crippen LogP contribution in [0.15, 0.2) is 0 Å². The molecule has 1 unspecified atom stereocenters. The molecule has 3 nitrogen and oxygen atoms in total. The molecule has 1 radical (unpaired) electrons. The zero-order chi connectivity index (χ0) is 8.97. The van der Waals surface area contributed by atoms with Crippen LogP contribution in [0.4, 0.5) is 0 Å². The van der Waals surface area contributed by atoms with Gasteiger partial charge in [0.15, 0.2) is 0 Å². The summed E-state index contributed by atoms with van der Waals surface area (Å²) in [6, 6.07) is 0. The van der Waals surface area contributed by atoms with Gasteiger partial charge < -0.3 is 9.64 Å². The van der Waals surface area contributed by atoms with Crippen LogP contribution >= 0.6 is 0 Å². The van der Waals surface area contributed by atoms with Crippen molar-refractivity contribution in [2.45, 2.75) is 26.4 Å². The predicted octanol–water partition coefficient (Wildman–Crippen LogP) is 0.848. The topological polar surface area (TPSA) is 29.5 Å². The third-order valence-electron chi connectivity index (χ3n) is 1.96. The number of carbonyl (C=O) groups is 1. The average Bonchev–Trinajstić information content (AvgIpc) is 2.03. The van der Waals surface area contributed by atoms with Gasteiger partial charge in [-0.15, -0.1) is 0 Å². The molecule has 0 saturated carbocycles. The maximum Gasteiger partial charge on any atom is 0.209 e. The van der Waals surface area contributed by atoms with Crippen molar-refractivity contribution in [1.29, 1.82) is 0 Å². The number of amides is 1. The monoisotopic (exact) mass is 170 g/mol. The van der Waals surface area contributed by atoms with Gasteiger partial charge in [0, 0.05) is 13.1 Å². The van der Waals surface area contributed by atoms with E-state index >= 15 is 0 Å². The van der Waals surface area contributed by atoms with Crippen molar-refractivity contribution in [2.24, 2.45) is 0 Å². The molecule has 0 N–H and O–H groups in total. The summed E-state index contributed by atoms with van der Waals surface area (Å²) in [6.45, 7) is 6.33. The lowest BCUT2D eigenvalue weighted by Crippen LogP contribution is -2.41. The molecular formula is C9H16NO2. The number of carbonyl (C=O) groups excluding carboxylic acids is 1. The number of rotatable bonds is 3. The Morgan fingerprint density at radius 3 is 3.00 bits per heavy atom. The molecule has 0 aliphatic carbocycles. The van der Waals surface area contributed by atoms with Gasteiger partial charge in [0.25, 0.3) is 0 Å². The molecule has 1 saturated heterocycles. The summed E-state index contributed by atoms with van der Waals surface area (Å²) < 4.78 is 5.50. The Hall–Kier alpha value is -0.570. The van der Waals surface area contributed by atoms with Crippen LogP contribution < -0.4 is 0 Å².